The fraction of sp³-hybridized carbons (Fsp3) is 0.333. The molecule has 1 aliphatic carbocycles. The van der Waals surface area contributed by atoms with Crippen molar-refractivity contribution in [3.05, 3.63) is 49.6 Å². The number of hydrogen-bond donors (Lipinski definition) is 1. The SMILES string of the molecule is O=C(NCc1ncc(Br)cc1F)c1cc2c(s1)CCCC2. The lowest BCUT2D eigenvalue weighted by atomic mass is 9.99. The Hall–Kier alpha value is -1.27. The summed E-state index contributed by atoms with van der Waals surface area (Å²) in [5, 5.41) is 2.74. The van der Waals surface area contributed by atoms with Gasteiger partial charge in [0.1, 0.15) is 5.82 Å². The molecule has 2 heterocycles. The Balaban J connectivity index is 1.67. The minimum atomic E-state index is -0.421. The maximum Gasteiger partial charge on any atom is 0.261 e. The molecule has 2 aromatic rings. The highest BCUT2D eigenvalue weighted by Gasteiger charge is 2.17. The van der Waals surface area contributed by atoms with Crippen LogP contribution in [0.2, 0.25) is 0 Å². The summed E-state index contributed by atoms with van der Waals surface area (Å²) in [7, 11) is 0. The molecule has 21 heavy (non-hydrogen) atoms. The smallest absolute Gasteiger partial charge is 0.261 e. The zero-order chi connectivity index (χ0) is 14.8. The number of nitrogens with zero attached hydrogens (tertiary/aromatic N) is 1. The van der Waals surface area contributed by atoms with Crippen LogP contribution in [-0.2, 0) is 19.4 Å². The molecule has 110 valence electrons. The Labute approximate surface area is 134 Å². The number of aromatic nitrogens is 1. The normalized spacial score (nSPS) is 13.8. The Bertz CT molecular complexity index is 663. The van der Waals surface area contributed by atoms with E-state index in [1.165, 1.54) is 35.5 Å². The second-order valence-corrected chi connectivity index (χ2v) is 7.08. The van der Waals surface area contributed by atoms with Crippen molar-refractivity contribution in [1.29, 1.82) is 0 Å². The number of carbonyl (C=O) groups is 1. The van der Waals surface area contributed by atoms with E-state index in [1.807, 2.05) is 6.07 Å². The quantitative estimate of drug-likeness (QED) is 0.893. The lowest BCUT2D eigenvalue weighted by molar-refractivity contribution is 0.0954. The third kappa shape index (κ3) is 3.32. The number of fused-ring (bicyclic) bond motifs is 1. The van der Waals surface area contributed by atoms with Gasteiger partial charge in [0.15, 0.2) is 0 Å². The first kappa shape index (κ1) is 14.7. The van der Waals surface area contributed by atoms with Crippen LogP contribution in [0.4, 0.5) is 4.39 Å². The molecule has 0 radical (unpaired) electrons. The largest absolute Gasteiger partial charge is 0.346 e. The monoisotopic (exact) mass is 368 g/mol. The number of hydrogen-bond acceptors (Lipinski definition) is 3. The van der Waals surface area contributed by atoms with Crippen LogP contribution in [0, 0.1) is 5.82 Å². The van der Waals surface area contributed by atoms with Gasteiger partial charge in [0.2, 0.25) is 0 Å². The fourth-order valence-corrected chi connectivity index (χ4v) is 3.90. The summed E-state index contributed by atoms with van der Waals surface area (Å²) in [6.07, 6.45) is 6.04. The third-order valence-corrected chi connectivity index (χ3v) is 5.19. The molecule has 1 N–H and O–H groups in total. The van der Waals surface area contributed by atoms with Gasteiger partial charge in [-0.3, -0.25) is 9.78 Å². The number of carbonyl (C=O) groups excluding carboxylic acids is 1. The Morgan fingerprint density at radius 1 is 1.38 bits per heavy atom. The lowest BCUT2D eigenvalue weighted by Crippen LogP contribution is -2.23. The highest BCUT2D eigenvalue weighted by Crippen LogP contribution is 2.29. The van der Waals surface area contributed by atoms with Crippen molar-refractivity contribution in [2.75, 3.05) is 0 Å². The summed E-state index contributed by atoms with van der Waals surface area (Å²) in [5.41, 5.74) is 1.54. The zero-order valence-electron chi connectivity index (χ0n) is 11.3. The number of halogens is 2. The van der Waals surface area contributed by atoms with Crippen molar-refractivity contribution in [1.82, 2.24) is 10.3 Å². The van der Waals surface area contributed by atoms with Gasteiger partial charge < -0.3 is 5.32 Å². The standard InChI is InChI=1S/C15H14BrFN2OS/c16-10-6-11(17)12(18-7-10)8-19-15(20)14-5-9-3-1-2-4-13(9)21-14/h5-7H,1-4,8H2,(H,19,20). The molecule has 0 bridgehead atoms. The summed E-state index contributed by atoms with van der Waals surface area (Å²) in [6, 6.07) is 3.32. The number of pyridine rings is 1. The molecule has 0 fully saturated rings. The van der Waals surface area contributed by atoms with Gasteiger partial charge in [-0.2, -0.15) is 0 Å². The molecule has 0 saturated heterocycles. The number of amides is 1. The van der Waals surface area contributed by atoms with Crippen molar-refractivity contribution >= 4 is 33.2 Å². The second kappa shape index (κ2) is 6.23. The molecule has 3 rings (SSSR count). The molecule has 3 nitrogen and oxygen atoms in total. The molecule has 0 aromatic carbocycles. The van der Waals surface area contributed by atoms with Gasteiger partial charge >= 0.3 is 0 Å². The highest BCUT2D eigenvalue weighted by molar-refractivity contribution is 9.10. The van der Waals surface area contributed by atoms with E-state index < -0.39 is 5.82 Å². The molecule has 0 aliphatic heterocycles. The highest BCUT2D eigenvalue weighted by atomic mass is 79.9. The predicted molar refractivity (Wildman–Crippen MR) is 84.0 cm³/mol. The van der Waals surface area contributed by atoms with E-state index in [2.05, 4.69) is 26.2 Å². The van der Waals surface area contributed by atoms with E-state index >= 15 is 0 Å². The first-order valence-corrected chi connectivity index (χ1v) is 8.44. The van der Waals surface area contributed by atoms with Gasteiger partial charge in [-0.25, -0.2) is 4.39 Å². The molecule has 2 aromatic heterocycles. The summed E-state index contributed by atoms with van der Waals surface area (Å²) in [5.74, 6) is -0.575. The number of aryl methyl sites for hydroxylation is 2. The van der Waals surface area contributed by atoms with Gasteiger partial charge in [0.25, 0.3) is 5.91 Å². The van der Waals surface area contributed by atoms with E-state index in [4.69, 9.17) is 0 Å². The Kier molecular flexibility index (Phi) is 4.35. The van der Waals surface area contributed by atoms with Gasteiger partial charge in [-0.15, -0.1) is 11.3 Å². The summed E-state index contributed by atoms with van der Waals surface area (Å²) in [4.78, 5) is 18.2. The summed E-state index contributed by atoms with van der Waals surface area (Å²) >= 11 is 4.71. The van der Waals surface area contributed by atoms with E-state index in [9.17, 15) is 9.18 Å². The van der Waals surface area contributed by atoms with Crippen molar-refractivity contribution in [3.63, 3.8) is 0 Å². The molecule has 1 aliphatic rings. The first-order valence-electron chi connectivity index (χ1n) is 6.83. The number of thiophene rings is 1. The van der Waals surface area contributed by atoms with Crippen molar-refractivity contribution in [2.45, 2.75) is 32.2 Å². The van der Waals surface area contributed by atoms with Crippen LogP contribution < -0.4 is 5.32 Å². The van der Waals surface area contributed by atoms with Gasteiger partial charge in [-0.1, -0.05) is 0 Å². The van der Waals surface area contributed by atoms with E-state index in [0.29, 0.717) is 9.35 Å². The average Bonchev–Trinajstić information content (AvgIpc) is 2.90. The van der Waals surface area contributed by atoms with Crippen LogP contribution in [0.15, 0.2) is 22.8 Å². The van der Waals surface area contributed by atoms with E-state index in [-0.39, 0.29) is 18.1 Å². The minimum absolute atomic E-state index is 0.0977. The van der Waals surface area contributed by atoms with E-state index in [0.717, 1.165) is 12.8 Å². The molecule has 0 atom stereocenters. The van der Waals surface area contributed by atoms with Crippen molar-refractivity contribution in [3.8, 4) is 0 Å². The first-order chi connectivity index (χ1) is 10.1. The third-order valence-electron chi connectivity index (χ3n) is 3.52. The molecule has 1 amide bonds. The number of rotatable bonds is 3. The molecule has 0 unspecified atom stereocenters. The maximum absolute atomic E-state index is 13.6. The molecular formula is C15H14BrFN2OS. The maximum atomic E-state index is 13.6. The van der Waals surface area contributed by atoms with Crippen LogP contribution in [0.1, 0.15) is 38.6 Å². The van der Waals surface area contributed by atoms with Gasteiger partial charge in [0, 0.05) is 15.5 Å². The Morgan fingerprint density at radius 3 is 2.95 bits per heavy atom. The average molecular weight is 369 g/mol. The van der Waals surface area contributed by atoms with Crippen LogP contribution in [0.5, 0.6) is 0 Å². The molecule has 0 spiro atoms. The summed E-state index contributed by atoms with van der Waals surface area (Å²) < 4.78 is 14.2. The van der Waals surface area contributed by atoms with Crippen LogP contribution >= 0.6 is 27.3 Å². The molecule has 0 saturated carbocycles. The fourth-order valence-electron chi connectivity index (χ4n) is 2.43. The van der Waals surface area contributed by atoms with Crippen LogP contribution in [0.25, 0.3) is 0 Å². The molecular weight excluding hydrogens is 355 g/mol. The van der Waals surface area contributed by atoms with Crippen LogP contribution in [-0.4, -0.2) is 10.9 Å². The van der Waals surface area contributed by atoms with Gasteiger partial charge in [-0.05, 0) is 59.3 Å². The lowest BCUT2D eigenvalue weighted by Gasteiger charge is -2.08. The van der Waals surface area contributed by atoms with E-state index in [1.54, 1.807) is 11.3 Å². The van der Waals surface area contributed by atoms with Gasteiger partial charge in [0.05, 0.1) is 17.1 Å². The topological polar surface area (TPSA) is 42.0 Å². The number of nitrogens with one attached hydrogen (secondary N) is 1. The van der Waals surface area contributed by atoms with Crippen molar-refractivity contribution in [2.24, 2.45) is 0 Å². The van der Waals surface area contributed by atoms with Crippen LogP contribution in [0.3, 0.4) is 0 Å². The zero-order valence-corrected chi connectivity index (χ0v) is 13.7. The summed E-state index contributed by atoms with van der Waals surface area (Å²) in [6.45, 7) is 0.0977. The second-order valence-electron chi connectivity index (χ2n) is 5.03. The minimum Gasteiger partial charge on any atom is -0.346 e. The predicted octanol–water partition coefficient (Wildman–Crippen LogP) is 3.85. The van der Waals surface area contributed by atoms with Crippen molar-refractivity contribution < 1.29 is 9.18 Å². The molecule has 6 heteroatoms. The Morgan fingerprint density at radius 2 is 2.19 bits per heavy atom.